The third-order valence-corrected chi connectivity index (χ3v) is 8.12. The lowest BCUT2D eigenvalue weighted by atomic mass is 9.70. The van der Waals surface area contributed by atoms with Gasteiger partial charge in [0.15, 0.2) is 15.6 Å². The van der Waals surface area contributed by atoms with Gasteiger partial charge in [0.2, 0.25) is 0 Å². The van der Waals surface area contributed by atoms with Crippen molar-refractivity contribution in [1.82, 2.24) is 0 Å². The summed E-state index contributed by atoms with van der Waals surface area (Å²) in [4.78, 5) is 12.8. The molecule has 2 fully saturated rings. The van der Waals surface area contributed by atoms with Crippen molar-refractivity contribution in [1.29, 1.82) is 0 Å². The summed E-state index contributed by atoms with van der Waals surface area (Å²) in [6, 6.07) is 9.14. The molecule has 1 aromatic rings. The topological polar surface area (TPSA) is 51.2 Å². The van der Waals surface area contributed by atoms with Gasteiger partial charge in [-0.3, -0.25) is 4.79 Å². The molecule has 21 heavy (non-hydrogen) atoms. The van der Waals surface area contributed by atoms with Gasteiger partial charge in [-0.25, -0.2) is 8.42 Å². The number of ketones is 1. The van der Waals surface area contributed by atoms with Crippen LogP contribution in [0.15, 0.2) is 30.3 Å². The van der Waals surface area contributed by atoms with Gasteiger partial charge in [-0.2, -0.15) is 0 Å². The second kappa shape index (κ2) is 4.42. The molecule has 2 bridgehead atoms. The van der Waals surface area contributed by atoms with Crippen molar-refractivity contribution in [3.63, 3.8) is 0 Å². The van der Waals surface area contributed by atoms with E-state index in [1.54, 1.807) is 0 Å². The first-order valence-electron chi connectivity index (χ1n) is 7.50. The lowest BCUT2D eigenvalue weighted by Gasteiger charge is -2.32. The molecule has 0 unspecified atom stereocenters. The molecular weight excluding hydrogens is 284 g/mol. The van der Waals surface area contributed by atoms with Crippen LogP contribution in [-0.4, -0.2) is 19.5 Å². The van der Waals surface area contributed by atoms with Crippen LogP contribution in [0.5, 0.6) is 0 Å². The number of rotatable bonds is 3. The van der Waals surface area contributed by atoms with Crippen LogP contribution in [0.4, 0.5) is 0 Å². The summed E-state index contributed by atoms with van der Waals surface area (Å²) in [6.45, 7) is 6.06. The molecule has 0 heterocycles. The second-order valence-corrected chi connectivity index (χ2v) is 9.40. The minimum absolute atomic E-state index is 0.0348. The monoisotopic (exact) mass is 306 g/mol. The Bertz CT molecular complexity index is 675. The Morgan fingerprint density at radius 1 is 1.14 bits per heavy atom. The molecule has 1 aromatic carbocycles. The highest BCUT2D eigenvalue weighted by molar-refractivity contribution is 7.92. The van der Waals surface area contributed by atoms with Crippen LogP contribution in [-0.2, 0) is 20.4 Å². The summed E-state index contributed by atoms with van der Waals surface area (Å²) in [7, 11) is -3.45. The third-order valence-electron chi connectivity index (χ3n) is 6.07. The highest BCUT2D eigenvalue weighted by Gasteiger charge is 2.69. The van der Waals surface area contributed by atoms with Crippen LogP contribution >= 0.6 is 0 Å². The predicted molar refractivity (Wildman–Crippen MR) is 82.5 cm³/mol. The van der Waals surface area contributed by atoms with Crippen LogP contribution in [0.1, 0.15) is 39.2 Å². The van der Waals surface area contributed by atoms with E-state index in [1.165, 1.54) is 0 Å². The molecule has 0 aliphatic heterocycles. The van der Waals surface area contributed by atoms with Gasteiger partial charge in [0, 0.05) is 5.41 Å². The average molecular weight is 306 g/mol. The van der Waals surface area contributed by atoms with Crippen molar-refractivity contribution in [2.45, 2.75) is 44.6 Å². The van der Waals surface area contributed by atoms with Crippen molar-refractivity contribution in [3.05, 3.63) is 35.9 Å². The predicted octanol–water partition coefficient (Wildman–Crippen LogP) is 3.00. The minimum atomic E-state index is -3.45. The quantitative estimate of drug-likeness (QED) is 0.862. The van der Waals surface area contributed by atoms with Crippen LogP contribution in [0.2, 0.25) is 0 Å². The summed E-state index contributed by atoms with van der Waals surface area (Å²) >= 11 is 0. The molecule has 4 heteroatoms. The first-order chi connectivity index (χ1) is 9.70. The maximum atomic E-state index is 12.8. The first kappa shape index (κ1) is 14.8. The highest BCUT2D eigenvalue weighted by atomic mass is 32.2. The van der Waals surface area contributed by atoms with E-state index in [-0.39, 0.29) is 22.9 Å². The Labute approximate surface area is 126 Å². The van der Waals surface area contributed by atoms with E-state index in [0.29, 0.717) is 0 Å². The van der Waals surface area contributed by atoms with Gasteiger partial charge in [-0.05, 0) is 29.7 Å². The maximum Gasteiger partial charge on any atom is 0.164 e. The number of benzene rings is 1. The number of carbonyl (C=O) groups is 1. The number of hydrogen-bond acceptors (Lipinski definition) is 3. The molecular formula is C17H22O3S. The van der Waals surface area contributed by atoms with E-state index >= 15 is 0 Å². The molecule has 0 radical (unpaired) electrons. The molecule has 0 spiro atoms. The van der Waals surface area contributed by atoms with Gasteiger partial charge < -0.3 is 0 Å². The van der Waals surface area contributed by atoms with E-state index in [9.17, 15) is 13.2 Å². The van der Waals surface area contributed by atoms with E-state index in [4.69, 9.17) is 0 Å². The van der Waals surface area contributed by atoms with Gasteiger partial charge in [0.05, 0.1) is 5.75 Å². The molecule has 0 saturated heterocycles. The second-order valence-electron chi connectivity index (χ2n) is 7.28. The lowest BCUT2D eigenvalue weighted by molar-refractivity contribution is -0.127. The normalized spacial score (nSPS) is 34.3. The molecule has 3 rings (SSSR count). The lowest BCUT2D eigenvalue weighted by Crippen LogP contribution is -2.39. The number of Topliss-reactive ketones (excluding diaryl/α,β-unsaturated/α-hetero) is 1. The largest absolute Gasteiger partial charge is 0.298 e. The standard InChI is InChI=1S/C17H22O3S/c1-16(2)13-9-10-17(16,3)15(18)14(13)21(19,20)11-12-7-5-4-6-8-12/h4-8,13-14H,9-11H2,1-3H3/t13-,14+,17+/m1/s1. The van der Waals surface area contributed by atoms with Gasteiger partial charge in [-0.15, -0.1) is 0 Å². The molecule has 2 aliphatic rings. The summed E-state index contributed by atoms with van der Waals surface area (Å²) < 4.78 is 25.6. The van der Waals surface area contributed by atoms with Crippen molar-refractivity contribution in [2.24, 2.45) is 16.7 Å². The van der Waals surface area contributed by atoms with Gasteiger partial charge in [0.25, 0.3) is 0 Å². The highest BCUT2D eigenvalue weighted by Crippen LogP contribution is 2.65. The van der Waals surface area contributed by atoms with Crippen LogP contribution in [0, 0.1) is 16.7 Å². The number of carbonyl (C=O) groups excluding carboxylic acids is 1. The fourth-order valence-electron chi connectivity index (χ4n) is 4.31. The summed E-state index contributed by atoms with van der Waals surface area (Å²) in [5.41, 5.74) is 0.0564. The Morgan fingerprint density at radius 2 is 1.76 bits per heavy atom. The molecule has 114 valence electrons. The Hall–Kier alpha value is -1.16. The van der Waals surface area contributed by atoms with Crippen molar-refractivity contribution in [3.8, 4) is 0 Å². The van der Waals surface area contributed by atoms with Gasteiger partial charge in [0.1, 0.15) is 5.25 Å². The zero-order chi connectivity index (χ0) is 15.5. The molecule has 2 saturated carbocycles. The van der Waals surface area contributed by atoms with Crippen molar-refractivity contribution >= 4 is 15.6 Å². The Kier molecular flexibility index (Phi) is 3.11. The van der Waals surface area contributed by atoms with Crippen LogP contribution < -0.4 is 0 Å². The summed E-state index contributed by atoms with van der Waals surface area (Å²) in [5.74, 6) is -0.129. The molecule has 0 aromatic heterocycles. The SMILES string of the molecule is CC1(C)[C@@H]2CC[C@@]1(C)C(=O)[C@H]2S(=O)(=O)Cc1ccccc1. The zero-order valence-electron chi connectivity index (χ0n) is 12.8. The molecule has 0 amide bonds. The number of hydrogen-bond donors (Lipinski definition) is 0. The average Bonchev–Trinajstić information content (AvgIpc) is 2.71. The molecule has 0 N–H and O–H groups in total. The molecule has 3 atom stereocenters. The first-order valence-corrected chi connectivity index (χ1v) is 9.21. The van der Waals surface area contributed by atoms with E-state index in [0.717, 1.165) is 18.4 Å². The van der Waals surface area contributed by atoms with Crippen LogP contribution in [0.25, 0.3) is 0 Å². The Balaban J connectivity index is 1.96. The zero-order valence-corrected chi connectivity index (χ0v) is 13.6. The smallest absolute Gasteiger partial charge is 0.164 e. The fourth-order valence-corrected chi connectivity index (χ4v) is 6.71. The molecule has 3 nitrogen and oxygen atoms in total. The van der Waals surface area contributed by atoms with Gasteiger partial charge >= 0.3 is 0 Å². The van der Waals surface area contributed by atoms with Crippen LogP contribution in [0.3, 0.4) is 0 Å². The van der Waals surface area contributed by atoms with Gasteiger partial charge in [-0.1, -0.05) is 51.1 Å². The number of fused-ring (bicyclic) bond motifs is 2. The molecule has 2 aliphatic carbocycles. The van der Waals surface area contributed by atoms with Crippen molar-refractivity contribution in [2.75, 3.05) is 0 Å². The fraction of sp³-hybridized carbons (Fsp3) is 0.588. The van der Waals surface area contributed by atoms with E-state index in [2.05, 4.69) is 13.8 Å². The maximum absolute atomic E-state index is 12.8. The van der Waals surface area contributed by atoms with E-state index < -0.39 is 20.5 Å². The Morgan fingerprint density at radius 3 is 2.29 bits per heavy atom. The number of sulfone groups is 1. The van der Waals surface area contributed by atoms with Crippen molar-refractivity contribution < 1.29 is 13.2 Å². The minimum Gasteiger partial charge on any atom is -0.298 e. The van der Waals surface area contributed by atoms with E-state index in [1.807, 2.05) is 37.3 Å². The summed E-state index contributed by atoms with van der Waals surface area (Å²) in [5, 5.41) is -0.813. The summed E-state index contributed by atoms with van der Waals surface area (Å²) in [6.07, 6.45) is 1.66. The third kappa shape index (κ3) is 1.91.